The molecule has 0 saturated carbocycles. The van der Waals surface area contributed by atoms with Gasteiger partial charge in [0.2, 0.25) is 5.91 Å². The Morgan fingerprint density at radius 1 is 1.48 bits per heavy atom. The molecule has 1 fully saturated rings. The normalized spacial score (nSPS) is 19.2. The van der Waals surface area contributed by atoms with E-state index in [2.05, 4.69) is 5.32 Å². The molecule has 1 unspecified atom stereocenters. The molecule has 1 aromatic rings. The van der Waals surface area contributed by atoms with Crippen LogP contribution >= 0.6 is 0 Å². The summed E-state index contributed by atoms with van der Waals surface area (Å²) in [5, 5.41) is 11.9. The fourth-order valence-corrected chi connectivity index (χ4v) is 2.62. The fourth-order valence-electron chi connectivity index (χ4n) is 2.62. The maximum Gasteiger partial charge on any atom is 0.307 e. The Bertz CT molecular complexity index is 545. The number of benzene rings is 1. The van der Waals surface area contributed by atoms with Gasteiger partial charge in [-0.1, -0.05) is 0 Å². The van der Waals surface area contributed by atoms with E-state index in [1.807, 2.05) is 11.8 Å². The van der Waals surface area contributed by atoms with Crippen LogP contribution < -0.4 is 11.1 Å². The molecule has 2 rings (SSSR count). The first-order chi connectivity index (χ1) is 9.95. The third kappa shape index (κ3) is 4.19. The lowest BCUT2D eigenvalue weighted by atomic mass is 9.98. The van der Waals surface area contributed by atoms with Crippen molar-refractivity contribution in [2.24, 2.45) is 5.92 Å². The second kappa shape index (κ2) is 6.58. The summed E-state index contributed by atoms with van der Waals surface area (Å²) in [5.74, 6) is -1.28. The first-order valence-electron chi connectivity index (χ1n) is 7.07. The molecule has 0 radical (unpaired) electrons. The van der Waals surface area contributed by atoms with Crippen LogP contribution in [0.25, 0.3) is 0 Å². The molecule has 6 heteroatoms. The van der Waals surface area contributed by atoms with Crippen molar-refractivity contribution in [3.63, 3.8) is 0 Å². The highest BCUT2D eigenvalue weighted by Gasteiger charge is 2.26. The van der Waals surface area contributed by atoms with Crippen LogP contribution in [-0.2, 0) is 9.59 Å². The Hall–Kier alpha value is -2.08. The zero-order valence-electron chi connectivity index (χ0n) is 12.1. The van der Waals surface area contributed by atoms with E-state index in [1.165, 1.54) is 0 Å². The molecule has 0 aliphatic carbocycles. The molecule has 0 bridgehead atoms. The number of carbonyl (C=O) groups is 2. The topological polar surface area (TPSA) is 95.7 Å². The smallest absolute Gasteiger partial charge is 0.307 e. The van der Waals surface area contributed by atoms with Crippen LogP contribution in [-0.4, -0.2) is 41.5 Å². The van der Waals surface area contributed by atoms with E-state index in [0.29, 0.717) is 18.7 Å². The van der Waals surface area contributed by atoms with Crippen molar-refractivity contribution in [3.05, 3.63) is 23.8 Å². The van der Waals surface area contributed by atoms with E-state index in [0.717, 1.165) is 24.2 Å². The Morgan fingerprint density at radius 2 is 2.24 bits per heavy atom. The second-order valence-electron chi connectivity index (χ2n) is 5.54. The monoisotopic (exact) mass is 291 g/mol. The molecule has 1 aromatic carbocycles. The molecule has 21 heavy (non-hydrogen) atoms. The number of amides is 1. The van der Waals surface area contributed by atoms with Gasteiger partial charge in [0.1, 0.15) is 0 Å². The molecule has 1 saturated heterocycles. The van der Waals surface area contributed by atoms with E-state index < -0.39 is 5.97 Å². The molecule has 1 aliphatic heterocycles. The summed E-state index contributed by atoms with van der Waals surface area (Å²) in [4.78, 5) is 25.0. The predicted octanol–water partition coefficient (Wildman–Crippen LogP) is 1.31. The summed E-state index contributed by atoms with van der Waals surface area (Å²) in [6.45, 7) is 3.29. The van der Waals surface area contributed by atoms with Crippen LogP contribution in [0, 0.1) is 12.8 Å². The Labute approximate surface area is 123 Å². The molecular weight excluding hydrogens is 270 g/mol. The average Bonchev–Trinajstić information content (AvgIpc) is 2.42. The number of nitrogen functional groups attached to an aromatic ring is 1. The number of carbonyl (C=O) groups excluding carboxylic acids is 1. The van der Waals surface area contributed by atoms with E-state index in [1.54, 1.807) is 18.2 Å². The SMILES string of the molecule is Cc1cc(N)ccc1NC(=O)CN1CCCC(C(=O)O)C1. The number of anilines is 2. The van der Waals surface area contributed by atoms with Crippen LogP contribution in [0.5, 0.6) is 0 Å². The molecule has 0 spiro atoms. The van der Waals surface area contributed by atoms with E-state index >= 15 is 0 Å². The maximum absolute atomic E-state index is 12.1. The minimum absolute atomic E-state index is 0.131. The van der Waals surface area contributed by atoms with E-state index in [9.17, 15) is 9.59 Å². The van der Waals surface area contributed by atoms with Crippen LogP contribution in [0.2, 0.25) is 0 Å². The van der Waals surface area contributed by atoms with Crippen LogP contribution in [0.1, 0.15) is 18.4 Å². The van der Waals surface area contributed by atoms with Gasteiger partial charge in [0.05, 0.1) is 12.5 Å². The van der Waals surface area contributed by atoms with Gasteiger partial charge < -0.3 is 16.2 Å². The number of nitrogens with one attached hydrogen (secondary N) is 1. The lowest BCUT2D eigenvalue weighted by molar-refractivity contribution is -0.144. The Morgan fingerprint density at radius 3 is 2.90 bits per heavy atom. The minimum atomic E-state index is -0.783. The number of carboxylic acids is 1. The van der Waals surface area contributed by atoms with Gasteiger partial charge in [0, 0.05) is 17.9 Å². The lowest BCUT2D eigenvalue weighted by Crippen LogP contribution is -2.42. The van der Waals surface area contributed by atoms with Crippen molar-refractivity contribution < 1.29 is 14.7 Å². The number of nitrogens with zero attached hydrogens (tertiary/aromatic N) is 1. The fraction of sp³-hybridized carbons (Fsp3) is 0.467. The molecule has 1 heterocycles. The number of rotatable bonds is 4. The highest BCUT2D eigenvalue weighted by molar-refractivity contribution is 5.93. The standard InChI is InChI=1S/C15H21N3O3/c1-10-7-12(16)4-5-13(10)17-14(19)9-18-6-2-3-11(8-18)15(20)21/h4-5,7,11H,2-3,6,8-9,16H2,1H3,(H,17,19)(H,20,21). The number of aliphatic carboxylic acids is 1. The summed E-state index contributed by atoms with van der Waals surface area (Å²) in [6.07, 6.45) is 1.50. The van der Waals surface area contributed by atoms with Crippen molar-refractivity contribution in [3.8, 4) is 0 Å². The van der Waals surface area contributed by atoms with Gasteiger partial charge >= 0.3 is 5.97 Å². The highest BCUT2D eigenvalue weighted by Crippen LogP contribution is 2.19. The van der Waals surface area contributed by atoms with Crippen LogP contribution in [0.3, 0.4) is 0 Å². The number of piperidine rings is 1. The first-order valence-corrected chi connectivity index (χ1v) is 7.07. The van der Waals surface area contributed by atoms with Gasteiger partial charge in [-0.25, -0.2) is 0 Å². The third-order valence-electron chi connectivity index (χ3n) is 3.75. The summed E-state index contributed by atoms with van der Waals surface area (Å²) in [7, 11) is 0. The molecule has 1 amide bonds. The molecular formula is C15H21N3O3. The summed E-state index contributed by atoms with van der Waals surface area (Å²) in [6, 6.07) is 5.32. The second-order valence-corrected chi connectivity index (χ2v) is 5.54. The zero-order valence-corrected chi connectivity index (χ0v) is 12.1. The van der Waals surface area contributed by atoms with Crippen molar-refractivity contribution in [2.75, 3.05) is 30.7 Å². The Kier molecular flexibility index (Phi) is 4.80. The molecule has 6 nitrogen and oxygen atoms in total. The van der Waals surface area contributed by atoms with Gasteiger partial charge in [0.25, 0.3) is 0 Å². The number of hydrogen-bond donors (Lipinski definition) is 3. The Balaban J connectivity index is 1.91. The van der Waals surface area contributed by atoms with Crippen molar-refractivity contribution in [1.29, 1.82) is 0 Å². The summed E-state index contributed by atoms with van der Waals surface area (Å²) < 4.78 is 0. The highest BCUT2D eigenvalue weighted by atomic mass is 16.4. The van der Waals surface area contributed by atoms with Crippen LogP contribution in [0.15, 0.2) is 18.2 Å². The van der Waals surface area contributed by atoms with E-state index in [-0.39, 0.29) is 18.4 Å². The predicted molar refractivity (Wildman–Crippen MR) is 81.0 cm³/mol. The number of nitrogens with two attached hydrogens (primary N) is 1. The summed E-state index contributed by atoms with van der Waals surface area (Å²) in [5.41, 5.74) is 7.98. The molecule has 4 N–H and O–H groups in total. The van der Waals surface area contributed by atoms with Crippen molar-refractivity contribution >= 4 is 23.3 Å². The number of carboxylic acid groups (broad SMARTS) is 1. The van der Waals surface area contributed by atoms with Crippen LogP contribution in [0.4, 0.5) is 11.4 Å². The number of likely N-dealkylation sites (tertiary alicyclic amines) is 1. The van der Waals surface area contributed by atoms with Crippen molar-refractivity contribution in [1.82, 2.24) is 4.90 Å². The largest absolute Gasteiger partial charge is 0.481 e. The summed E-state index contributed by atoms with van der Waals surface area (Å²) >= 11 is 0. The third-order valence-corrected chi connectivity index (χ3v) is 3.75. The first kappa shape index (κ1) is 15.3. The van der Waals surface area contributed by atoms with Gasteiger partial charge in [-0.15, -0.1) is 0 Å². The van der Waals surface area contributed by atoms with Gasteiger partial charge in [-0.2, -0.15) is 0 Å². The minimum Gasteiger partial charge on any atom is -0.481 e. The van der Waals surface area contributed by atoms with Gasteiger partial charge in [-0.05, 0) is 50.1 Å². The molecule has 114 valence electrons. The molecule has 1 atom stereocenters. The molecule has 1 aliphatic rings. The van der Waals surface area contributed by atoms with Gasteiger partial charge in [-0.3, -0.25) is 14.5 Å². The van der Waals surface area contributed by atoms with Gasteiger partial charge in [0.15, 0.2) is 0 Å². The number of aryl methyl sites for hydroxylation is 1. The van der Waals surface area contributed by atoms with E-state index in [4.69, 9.17) is 10.8 Å². The lowest BCUT2D eigenvalue weighted by Gasteiger charge is -2.30. The number of hydrogen-bond acceptors (Lipinski definition) is 4. The molecule has 0 aromatic heterocycles. The average molecular weight is 291 g/mol. The van der Waals surface area contributed by atoms with Crippen molar-refractivity contribution in [2.45, 2.75) is 19.8 Å². The quantitative estimate of drug-likeness (QED) is 0.727. The maximum atomic E-state index is 12.1. The zero-order chi connectivity index (χ0) is 15.4.